The van der Waals surface area contributed by atoms with E-state index >= 15 is 0 Å². The number of carbonyl (C=O) groups excluding carboxylic acids is 1. The summed E-state index contributed by atoms with van der Waals surface area (Å²) in [5.74, 6) is 0.679. The third kappa shape index (κ3) is 4.77. The Morgan fingerprint density at radius 1 is 0.826 bits per heavy atom. The highest BCUT2D eigenvalue weighted by Crippen LogP contribution is 2.23. The molecule has 1 saturated carbocycles. The first-order chi connectivity index (χ1) is 11.3. The van der Waals surface area contributed by atoms with Crippen molar-refractivity contribution in [3.05, 3.63) is 71.8 Å². The number of Topliss-reactive ketones (excluding diaryl/α,β-unsaturated/α-hetero) is 1. The Kier molecular flexibility index (Phi) is 5.60. The maximum atomic E-state index is 12.2. The highest BCUT2D eigenvalue weighted by Gasteiger charge is 2.24. The standard InChI is InChI=1S/C21H25NO/c23-21-14-8-7-13-20(21)17-22(15-18-9-3-1-4-10-18)16-19-11-5-2-6-12-19/h1-6,9-12,20H,7-8,13-17H2/t20-/m1/s1. The average Bonchev–Trinajstić information content (AvgIpc) is 2.59. The molecule has 0 aliphatic heterocycles. The van der Waals surface area contributed by atoms with Gasteiger partial charge in [-0.1, -0.05) is 67.1 Å². The number of hydrogen-bond donors (Lipinski definition) is 0. The van der Waals surface area contributed by atoms with Gasteiger partial charge in [-0.05, 0) is 24.0 Å². The van der Waals surface area contributed by atoms with E-state index in [0.717, 1.165) is 38.9 Å². The summed E-state index contributed by atoms with van der Waals surface area (Å²) in [6.45, 7) is 2.68. The fraction of sp³-hybridized carbons (Fsp3) is 0.381. The van der Waals surface area contributed by atoms with Gasteiger partial charge >= 0.3 is 0 Å². The number of benzene rings is 2. The number of hydrogen-bond acceptors (Lipinski definition) is 2. The summed E-state index contributed by atoms with van der Waals surface area (Å²) in [6, 6.07) is 21.1. The quantitative estimate of drug-likeness (QED) is 0.786. The van der Waals surface area contributed by atoms with Crippen LogP contribution in [0.1, 0.15) is 36.8 Å². The summed E-state index contributed by atoms with van der Waals surface area (Å²) in [5.41, 5.74) is 2.62. The summed E-state index contributed by atoms with van der Waals surface area (Å²) in [4.78, 5) is 14.6. The molecule has 120 valence electrons. The second-order valence-electron chi connectivity index (χ2n) is 6.55. The Bertz CT molecular complexity index is 567. The van der Waals surface area contributed by atoms with E-state index in [0.29, 0.717) is 5.78 Å². The van der Waals surface area contributed by atoms with Crippen LogP contribution in [0.25, 0.3) is 0 Å². The van der Waals surface area contributed by atoms with Gasteiger partial charge in [-0.25, -0.2) is 0 Å². The molecule has 2 nitrogen and oxygen atoms in total. The summed E-state index contributed by atoms with van der Waals surface area (Å²) < 4.78 is 0. The number of ketones is 1. The van der Waals surface area contributed by atoms with Crippen molar-refractivity contribution in [1.82, 2.24) is 4.90 Å². The fourth-order valence-corrected chi connectivity index (χ4v) is 3.43. The molecule has 0 heterocycles. The zero-order valence-electron chi connectivity index (χ0n) is 13.7. The van der Waals surface area contributed by atoms with Crippen LogP contribution in [0.15, 0.2) is 60.7 Å². The van der Waals surface area contributed by atoms with E-state index in [4.69, 9.17) is 0 Å². The van der Waals surface area contributed by atoms with Gasteiger partial charge in [0.25, 0.3) is 0 Å². The lowest BCUT2D eigenvalue weighted by molar-refractivity contribution is -0.125. The highest BCUT2D eigenvalue weighted by atomic mass is 16.1. The number of rotatable bonds is 6. The molecule has 0 amide bonds. The van der Waals surface area contributed by atoms with Crippen molar-refractivity contribution < 1.29 is 4.79 Å². The summed E-state index contributed by atoms with van der Waals surface area (Å²) in [7, 11) is 0. The molecule has 1 aliphatic carbocycles. The van der Waals surface area contributed by atoms with Crippen LogP contribution in [-0.2, 0) is 17.9 Å². The molecule has 2 heteroatoms. The first-order valence-electron chi connectivity index (χ1n) is 8.64. The van der Waals surface area contributed by atoms with Crippen molar-refractivity contribution in [2.24, 2.45) is 5.92 Å². The average molecular weight is 307 g/mol. The minimum absolute atomic E-state index is 0.219. The lowest BCUT2D eigenvalue weighted by Gasteiger charge is -2.29. The van der Waals surface area contributed by atoms with Crippen molar-refractivity contribution in [3.8, 4) is 0 Å². The molecule has 0 unspecified atom stereocenters. The lowest BCUT2D eigenvalue weighted by atomic mass is 9.87. The first-order valence-corrected chi connectivity index (χ1v) is 8.64. The van der Waals surface area contributed by atoms with Gasteiger partial charge in [0, 0.05) is 32.0 Å². The Morgan fingerprint density at radius 3 is 1.91 bits per heavy atom. The predicted molar refractivity (Wildman–Crippen MR) is 94.0 cm³/mol. The van der Waals surface area contributed by atoms with Crippen LogP contribution < -0.4 is 0 Å². The third-order valence-electron chi connectivity index (χ3n) is 4.66. The number of carbonyl (C=O) groups is 1. The minimum atomic E-state index is 0.219. The molecule has 2 aromatic rings. The van der Waals surface area contributed by atoms with Crippen LogP contribution in [-0.4, -0.2) is 17.2 Å². The molecule has 23 heavy (non-hydrogen) atoms. The Hall–Kier alpha value is -1.93. The maximum absolute atomic E-state index is 12.2. The monoisotopic (exact) mass is 307 g/mol. The molecule has 0 spiro atoms. The predicted octanol–water partition coefficient (Wildman–Crippen LogP) is 4.45. The van der Waals surface area contributed by atoms with Crippen LogP contribution in [0.4, 0.5) is 0 Å². The molecule has 2 aromatic carbocycles. The molecule has 1 atom stereocenters. The zero-order valence-corrected chi connectivity index (χ0v) is 13.7. The molecular formula is C21H25NO. The van der Waals surface area contributed by atoms with Crippen molar-refractivity contribution in [2.75, 3.05) is 6.54 Å². The molecule has 0 N–H and O–H groups in total. The fourth-order valence-electron chi connectivity index (χ4n) is 3.43. The normalized spacial score (nSPS) is 18.3. The van der Waals surface area contributed by atoms with E-state index in [9.17, 15) is 4.79 Å². The molecular weight excluding hydrogens is 282 g/mol. The second kappa shape index (κ2) is 8.07. The molecule has 3 rings (SSSR count). The minimum Gasteiger partial charge on any atom is -0.299 e. The zero-order chi connectivity index (χ0) is 15.9. The molecule has 1 aliphatic rings. The molecule has 0 aromatic heterocycles. The van der Waals surface area contributed by atoms with Gasteiger partial charge in [0.15, 0.2) is 0 Å². The molecule has 1 fully saturated rings. The SMILES string of the molecule is O=C1CCCC[C@@H]1CN(Cc1ccccc1)Cc1ccccc1. The van der Waals surface area contributed by atoms with Gasteiger partial charge in [-0.15, -0.1) is 0 Å². The van der Waals surface area contributed by atoms with Gasteiger partial charge in [0.1, 0.15) is 5.78 Å². The van der Waals surface area contributed by atoms with Gasteiger partial charge < -0.3 is 0 Å². The number of nitrogens with zero attached hydrogens (tertiary/aromatic N) is 1. The van der Waals surface area contributed by atoms with Gasteiger partial charge in [0.05, 0.1) is 0 Å². The molecule has 0 saturated heterocycles. The largest absolute Gasteiger partial charge is 0.299 e. The topological polar surface area (TPSA) is 20.3 Å². The summed E-state index contributed by atoms with van der Waals surface area (Å²) in [6.07, 6.45) is 4.10. The van der Waals surface area contributed by atoms with Crippen LogP contribution in [0.3, 0.4) is 0 Å². The van der Waals surface area contributed by atoms with Crippen LogP contribution in [0.5, 0.6) is 0 Å². The van der Waals surface area contributed by atoms with Gasteiger partial charge in [0.2, 0.25) is 0 Å². The van der Waals surface area contributed by atoms with E-state index in [2.05, 4.69) is 65.6 Å². The van der Waals surface area contributed by atoms with E-state index in [1.807, 2.05) is 0 Å². The maximum Gasteiger partial charge on any atom is 0.137 e. The van der Waals surface area contributed by atoms with Crippen molar-refractivity contribution in [2.45, 2.75) is 38.8 Å². The Balaban J connectivity index is 1.71. The second-order valence-corrected chi connectivity index (χ2v) is 6.55. The third-order valence-corrected chi connectivity index (χ3v) is 4.66. The summed E-state index contributed by atoms with van der Waals surface area (Å²) in [5, 5.41) is 0. The van der Waals surface area contributed by atoms with Crippen LogP contribution >= 0.6 is 0 Å². The molecule has 0 bridgehead atoms. The van der Waals surface area contributed by atoms with Gasteiger partial charge in [-0.3, -0.25) is 9.69 Å². The molecule has 0 radical (unpaired) electrons. The van der Waals surface area contributed by atoms with E-state index in [-0.39, 0.29) is 5.92 Å². The van der Waals surface area contributed by atoms with E-state index in [1.165, 1.54) is 17.5 Å². The van der Waals surface area contributed by atoms with Crippen molar-refractivity contribution >= 4 is 5.78 Å². The first kappa shape index (κ1) is 15.9. The van der Waals surface area contributed by atoms with E-state index < -0.39 is 0 Å². The van der Waals surface area contributed by atoms with E-state index in [1.54, 1.807) is 0 Å². The van der Waals surface area contributed by atoms with Gasteiger partial charge in [-0.2, -0.15) is 0 Å². The smallest absolute Gasteiger partial charge is 0.137 e. The Labute approximate surface area is 139 Å². The van der Waals surface area contributed by atoms with Crippen molar-refractivity contribution in [1.29, 1.82) is 0 Å². The van der Waals surface area contributed by atoms with Crippen molar-refractivity contribution in [3.63, 3.8) is 0 Å². The van der Waals surface area contributed by atoms with Crippen LogP contribution in [0, 0.1) is 5.92 Å². The van der Waals surface area contributed by atoms with Crippen LogP contribution in [0.2, 0.25) is 0 Å². The lowest BCUT2D eigenvalue weighted by Crippen LogP contribution is -2.34. The summed E-state index contributed by atoms with van der Waals surface area (Å²) >= 11 is 0. The Morgan fingerprint density at radius 2 is 1.39 bits per heavy atom. The highest BCUT2D eigenvalue weighted by molar-refractivity contribution is 5.81.